The molecule has 0 atom stereocenters. The predicted octanol–water partition coefficient (Wildman–Crippen LogP) is 2.53. The maximum absolute atomic E-state index is 12.4. The van der Waals surface area contributed by atoms with Gasteiger partial charge in [-0.1, -0.05) is 22.9 Å². The number of fused-ring (bicyclic) bond motifs is 1. The molecule has 3 heterocycles. The molecule has 0 spiro atoms. The molecule has 8 heteroatoms. The summed E-state index contributed by atoms with van der Waals surface area (Å²) >= 11 is 0. The monoisotopic (exact) mass is 389 g/mol. The summed E-state index contributed by atoms with van der Waals surface area (Å²) in [6, 6.07) is 11.2. The van der Waals surface area contributed by atoms with Crippen LogP contribution in [0.2, 0.25) is 0 Å². The molecular formula is C21H19N5O3. The second-order valence-electron chi connectivity index (χ2n) is 6.75. The van der Waals surface area contributed by atoms with Crippen LogP contribution in [-0.2, 0) is 17.8 Å². The summed E-state index contributed by atoms with van der Waals surface area (Å²) in [7, 11) is 0. The van der Waals surface area contributed by atoms with Crippen LogP contribution in [-0.4, -0.2) is 26.0 Å². The average Bonchev–Trinajstić information content (AvgIpc) is 3.20. The van der Waals surface area contributed by atoms with Crippen LogP contribution >= 0.6 is 0 Å². The lowest BCUT2D eigenvalue weighted by molar-refractivity contribution is -0.121. The number of rotatable bonds is 6. The molecule has 0 unspecified atom stereocenters. The molecule has 3 aromatic heterocycles. The van der Waals surface area contributed by atoms with Crippen molar-refractivity contribution in [2.45, 2.75) is 26.3 Å². The van der Waals surface area contributed by atoms with Crippen molar-refractivity contribution in [3.8, 4) is 11.4 Å². The molecular weight excluding hydrogens is 370 g/mol. The Morgan fingerprint density at radius 3 is 2.97 bits per heavy atom. The van der Waals surface area contributed by atoms with Gasteiger partial charge in [0.25, 0.3) is 5.56 Å². The fourth-order valence-corrected chi connectivity index (χ4v) is 2.97. The van der Waals surface area contributed by atoms with E-state index < -0.39 is 0 Å². The zero-order chi connectivity index (χ0) is 20.2. The van der Waals surface area contributed by atoms with E-state index >= 15 is 0 Å². The second-order valence-corrected chi connectivity index (χ2v) is 6.75. The maximum atomic E-state index is 12.4. The van der Waals surface area contributed by atoms with Gasteiger partial charge < -0.3 is 14.8 Å². The van der Waals surface area contributed by atoms with Gasteiger partial charge in [0.15, 0.2) is 0 Å². The summed E-state index contributed by atoms with van der Waals surface area (Å²) in [5, 5.41) is 7.61. The zero-order valence-corrected chi connectivity index (χ0v) is 15.8. The average molecular weight is 389 g/mol. The molecule has 1 amide bonds. The quantitative estimate of drug-likeness (QED) is 0.524. The van der Waals surface area contributed by atoms with E-state index in [1.54, 1.807) is 18.5 Å². The molecule has 0 aliphatic rings. The third-order valence-corrected chi connectivity index (χ3v) is 4.49. The molecule has 0 aliphatic carbocycles. The Balaban J connectivity index is 1.42. The third-order valence-electron chi connectivity index (χ3n) is 4.49. The first-order valence-corrected chi connectivity index (χ1v) is 9.21. The maximum Gasteiger partial charge on any atom is 0.259 e. The van der Waals surface area contributed by atoms with Gasteiger partial charge in [0, 0.05) is 37.3 Å². The van der Waals surface area contributed by atoms with Crippen molar-refractivity contribution < 1.29 is 9.32 Å². The molecule has 4 rings (SSSR count). The van der Waals surface area contributed by atoms with Crippen LogP contribution in [0.15, 0.2) is 58.1 Å². The Kier molecular flexibility index (Phi) is 5.15. The van der Waals surface area contributed by atoms with Crippen LogP contribution in [0.4, 0.5) is 0 Å². The van der Waals surface area contributed by atoms with Gasteiger partial charge in [-0.05, 0) is 42.1 Å². The lowest BCUT2D eigenvalue weighted by Gasteiger charge is -2.03. The number of hydrogen-bond acceptors (Lipinski definition) is 6. The third kappa shape index (κ3) is 4.37. The van der Waals surface area contributed by atoms with E-state index in [-0.39, 0.29) is 30.1 Å². The molecule has 0 radical (unpaired) electrons. The first-order chi connectivity index (χ1) is 14.1. The number of benzene rings is 1. The number of carbonyl (C=O) groups is 1. The molecule has 8 nitrogen and oxygen atoms in total. The fourth-order valence-electron chi connectivity index (χ4n) is 2.97. The minimum absolute atomic E-state index is 0.132. The van der Waals surface area contributed by atoms with Crippen molar-refractivity contribution in [1.82, 2.24) is 25.4 Å². The highest BCUT2D eigenvalue weighted by Gasteiger charge is 2.14. The molecule has 0 saturated carbocycles. The van der Waals surface area contributed by atoms with Crippen molar-refractivity contribution in [2.24, 2.45) is 0 Å². The van der Waals surface area contributed by atoms with Crippen molar-refractivity contribution in [3.63, 3.8) is 0 Å². The highest BCUT2D eigenvalue weighted by Crippen LogP contribution is 2.18. The fraction of sp³-hybridized carbons (Fsp3) is 0.190. The molecule has 0 saturated heterocycles. The van der Waals surface area contributed by atoms with Crippen molar-refractivity contribution in [3.05, 3.63) is 76.2 Å². The minimum atomic E-state index is -0.289. The van der Waals surface area contributed by atoms with Gasteiger partial charge in [0.2, 0.25) is 17.6 Å². The molecule has 0 aliphatic heterocycles. The van der Waals surface area contributed by atoms with E-state index in [0.29, 0.717) is 18.0 Å². The highest BCUT2D eigenvalue weighted by atomic mass is 16.5. The van der Waals surface area contributed by atoms with Crippen LogP contribution in [0.3, 0.4) is 0 Å². The molecule has 4 aromatic rings. The molecule has 146 valence electrons. The Bertz CT molecular complexity index is 1210. The van der Waals surface area contributed by atoms with Crippen LogP contribution in [0.5, 0.6) is 0 Å². The molecule has 29 heavy (non-hydrogen) atoms. The number of amides is 1. The van der Waals surface area contributed by atoms with Gasteiger partial charge in [-0.15, -0.1) is 0 Å². The van der Waals surface area contributed by atoms with Crippen LogP contribution < -0.4 is 10.9 Å². The second kappa shape index (κ2) is 8.05. The molecule has 2 N–H and O–H groups in total. The number of aromatic amines is 1. The summed E-state index contributed by atoms with van der Waals surface area (Å²) in [6.45, 7) is 2.39. The van der Waals surface area contributed by atoms with Crippen molar-refractivity contribution in [2.75, 3.05) is 0 Å². The van der Waals surface area contributed by atoms with E-state index in [0.717, 1.165) is 22.0 Å². The number of aryl methyl sites for hydroxylation is 2. The number of carbonyl (C=O) groups excluding carboxylic acids is 1. The van der Waals surface area contributed by atoms with Crippen LogP contribution in [0.25, 0.3) is 22.3 Å². The minimum Gasteiger partial charge on any atom is -0.352 e. The van der Waals surface area contributed by atoms with E-state index in [1.807, 2.05) is 37.3 Å². The number of nitrogens with zero attached hydrogens (tertiary/aromatic N) is 3. The van der Waals surface area contributed by atoms with Gasteiger partial charge in [-0.25, -0.2) is 0 Å². The van der Waals surface area contributed by atoms with Gasteiger partial charge in [-0.2, -0.15) is 4.98 Å². The Hall–Kier alpha value is -3.81. The summed E-state index contributed by atoms with van der Waals surface area (Å²) in [5.74, 6) is 0.383. The van der Waals surface area contributed by atoms with Crippen LogP contribution in [0, 0.1) is 6.92 Å². The number of pyridine rings is 2. The lowest BCUT2D eigenvalue weighted by Crippen LogP contribution is -2.23. The smallest absolute Gasteiger partial charge is 0.259 e. The summed E-state index contributed by atoms with van der Waals surface area (Å²) in [4.78, 5) is 35.5. The summed E-state index contributed by atoms with van der Waals surface area (Å²) < 4.78 is 5.22. The summed E-state index contributed by atoms with van der Waals surface area (Å²) in [5.41, 5.74) is 2.80. The van der Waals surface area contributed by atoms with Gasteiger partial charge >= 0.3 is 0 Å². The van der Waals surface area contributed by atoms with Gasteiger partial charge in [0.1, 0.15) is 0 Å². The predicted molar refractivity (Wildman–Crippen MR) is 107 cm³/mol. The number of hydrogen-bond donors (Lipinski definition) is 2. The Morgan fingerprint density at radius 2 is 2.14 bits per heavy atom. The van der Waals surface area contributed by atoms with Crippen LogP contribution in [0.1, 0.15) is 23.4 Å². The Labute approximate surface area is 166 Å². The zero-order valence-electron chi connectivity index (χ0n) is 15.8. The SMILES string of the molecule is Cc1ccc2[nH]c(=O)c(-c3noc(CCC(=O)NCc4cccnc4)n3)cc2c1. The Morgan fingerprint density at radius 1 is 1.24 bits per heavy atom. The van der Waals surface area contributed by atoms with E-state index in [1.165, 1.54) is 0 Å². The lowest BCUT2D eigenvalue weighted by atomic mass is 10.1. The highest BCUT2D eigenvalue weighted by molar-refractivity contribution is 5.83. The molecule has 1 aromatic carbocycles. The van der Waals surface area contributed by atoms with Gasteiger partial charge in [0.05, 0.1) is 5.56 Å². The standard InChI is InChI=1S/C21H19N5O3/c1-13-4-5-17-15(9-13)10-16(21(28)24-17)20-25-19(29-26-20)7-6-18(27)23-12-14-3-2-8-22-11-14/h2-5,8-11H,6-7,12H2,1H3,(H,23,27)(H,24,28). The van der Waals surface area contributed by atoms with E-state index in [9.17, 15) is 9.59 Å². The topological polar surface area (TPSA) is 114 Å². The van der Waals surface area contributed by atoms with E-state index in [2.05, 4.69) is 25.4 Å². The number of aromatic nitrogens is 4. The summed E-state index contributed by atoms with van der Waals surface area (Å²) in [6.07, 6.45) is 3.87. The van der Waals surface area contributed by atoms with E-state index in [4.69, 9.17) is 4.52 Å². The molecule has 0 bridgehead atoms. The largest absolute Gasteiger partial charge is 0.352 e. The van der Waals surface area contributed by atoms with Gasteiger partial charge in [-0.3, -0.25) is 14.6 Å². The molecule has 0 fully saturated rings. The van der Waals surface area contributed by atoms with Crippen molar-refractivity contribution in [1.29, 1.82) is 0 Å². The first-order valence-electron chi connectivity index (χ1n) is 9.21. The normalized spacial score (nSPS) is 10.9. The van der Waals surface area contributed by atoms with Crippen molar-refractivity contribution >= 4 is 16.8 Å². The first kappa shape index (κ1) is 18.5. The number of nitrogens with one attached hydrogen (secondary N) is 2. The number of H-pyrrole nitrogens is 1.